The van der Waals surface area contributed by atoms with Gasteiger partial charge >= 0.3 is 0 Å². The summed E-state index contributed by atoms with van der Waals surface area (Å²) >= 11 is 9.50. The highest BCUT2D eigenvalue weighted by atomic mass is 79.9. The third-order valence-corrected chi connectivity index (χ3v) is 5.40. The number of benzene rings is 2. The van der Waals surface area contributed by atoms with E-state index in [1.165, 1.54) is 31.2 Å². The van der Waals surface area contributed by atoms with Gasteiger partial charge in [0.25, 0.3) is 0 Å². The summed E-state index contributed by atoms with van der Waals surface area (Å²) in [7, 11) is 0. The van der Waals surface area contributed by atoms with E-state index in [2.05, 4.69) is 33.4 Å². The van der Waals surface area contributed by atoms with E-state index in [1.807, 2.05) is 36.4 Å². The van der Waals surface area contributed by atoms with Crippen LogP contribution in [0.1, 0.15) is 43.2 Å². The number of hydrogen-bond donors (Lipinski definition) is 1. The number of rotatable bonds is 8. The van der Waals surface area contributed by atoms with Crippen LogP contribution in [-0.2, 0) is 13.2 Å². The zero-order valence-corrected chi connectivity index (χ0v) is 17.3. The Morgan fingerprint density at radius 1 is 1.08 bits per heavy atom. The normalized spacial score (nSPS) is 14.2. The van der Waals surface area contributed by atoms with E-state index in [0.29, 0.717) is 6.61 Å². The number of ether oxygens (including phenoxy) is 1. The molecule has 2 nitrogen and oxygen atoms in total. The Kier molecular flexibility index (Phi) is 7.60. The van der Waals surface area contributed by atoms with Gasteiger partial charge in [0.2, 0.25) is 0 Å². The van der Waals surface area contributed by atoms with Crippen molar-refractivity contribution in [3.63, 3.8) is 0 Å². The molecule has 1 aliphatic rings. The first kappa shape index (κ1) is 19.5. The van der Waals surface area contributed by atoms with E-state index in [-0.39, 0.29) is 0 Å². The fourth-order valence-electron chi connectivity index (χ4n) is 3.17. The third kappa shape index (κ3) is 6.15. The quantitative estimate of drug-likeness (QED) is 0.370. The van der Waals surface area contributed by atoms with Gasteiger partial charge in [-0.25, -0.2) is 0 Å². The Labute approximate surface area is 169 Å². The Morgan fingerprint density at radius 3 is 2.69 bits per heavy atom. The van der Waals surface area contributed by atoms with Crippen LogP contribution in [0.5, 0.6) is 5.75 Å². The lowest BCUT2D eigenvalue weighted by Gasteiger charge is -2.15. The maximum Gasteiger partial charge on any atom is 0.124 e. The number of halogens is 2. The lowest BCUT2D eigenvalue weighted by Crippen LogP contribution is -2.16. The van der Waals surface area contributed by atoms with Crippen LogP contribution in [0.4, 0.5) is 0 Å². The molecule has 0 aliphatic heterocycles. The summed E-state index contributed by atoms with van der Waals surface area (Å²) in [6.07, 6.45) is 8.79. The Hall–Kier alpha value is -1.29. The smallest absolute Gasteiger partial charge is 0.124 e. The van der Waals surface area contributed by atoms with E-state index in [0.717, 1.165) is 40.3 Å². The predicted molar refractivity (Wildman–Crippen MR) is 113 cm³/mol. The second-order valence-corrected chi connectivity index (χ2v) is 8.05. The molecule has 26 heavy (non-hydrogen) atoms. The summed E-state index contributed by atoms with van der Waals surface area (Å²) < 4.78 is 7.12. The average Bonchev–Trinajstić information content (AvgIpc) is 2.67. The Balaban J connectivity index is 1.53. The Morgan fingerprint density at radius 2 is 1.92 bits per heavy atom. The summed E-state index contributed by atoms with van der Waals surface area (Å²) in [5.74, 6) is 0.924. The first-order chi connectivity index (χ1) is 12.7. The fraction of sp³-hybridized carbons (Fsp3) is 0.364. The van der Waals surface area contributed by atoms with Gasteiger partial charge in [-0.15, -0.1) is 0 Å². The van der Waals surface area contributed by atoms with Crippen molar-refractivity contribution >= 4 is 27.5 Å². The molecule has 0 unspecified atom stereocenters. The summed E-state index contributed by atoms with van der Waals surface area (Å²) in [5.41, 5.74) is 3.89. The van der Waals surface area contributed by atoms with Crippen molar-refractivity contribution in [2.75, 3.05) is 6.54 Å². The molecule has 1 aliphatic carbocycles. The van der Waals surface area contributed by atoms with Gasteiger partial charge in [-0.1, -0.05) is 51.3 Å². The highest BCUT2D eigenvalue weighted by molar-refractivity contribution is 9.10. The molecule has 4 heteroatoms. The monoisotopic (exact) mass is 433 g/mol. The SMILES string of the molecule is Clc1ccc(COc2ccc(Br)cc2CNCCC2=CCCCC2)cc1. The molecule has 0 amide bonds. The second-order valence-electron chi connectivity index (χ2n) is 6.70. The highest BCUT2D eigenvalue weighted by Crippen LogP contribution is 2.25. The minimum atomic E-state index is 0.540. The molecule has 0 radical (unpaired) electrons. The Bertz CT molecular complexity index is 742. The second kappa shape index (κ2) is 10.1. The molecular weight excluding hydrogens is 410 g/mol. The molecule has 0 saturated heterocycles. The fourth-order valence-corrected chi connectivity index (χ4v) is 3.71. The van der Waals surface area contributed by atoms with Crippen LogP contribution < -0.4 is 10.1 Å². The summed E-state index contributed by atoms with van der Waals surface area (Å²) in [4.78, 5) is 0. The van der Waals surface area contributed by atoms with Gasteiger partial charge in [0.15, 0.2) is 0 Å². The van der Waals surface area contributed by atoms with E-state index in [1.54, 1.807) is 5.57 Å². The maximum absolute atomic E-state index is 6.05. The largest absolute Gasteiger partial charge is 0.489 e. The number of nitrogens with one attached hydrogen (secondary N) is 1. The molecule has 138 valence electrons. The molecule has 2 aromatic carbocycles. The van der Waals surface area contributed by atoms with E-state index >= 15 is 0 Å². The van der Waals surface area contributed by atoms with Crippen molar-refractivity contribution in [2.24, 2.45) is 0 Å². The van der Waals surface area contributed by atoms with E-state index in [4.69, 9.17) is 16.3 Å². The summed E-state index contributed by atoms with van der Waals surface area (Å²) in [5, 5.41) is 4.31. The molecular formula is C22H25BrClNO. The van der Waals surface area contributed by atoms with Crippen molar-refractivity contribution in [1.29, 1.82) is 0 Å². The zero-order chi connectivity index (χ0) is 18.2. The van der Waals surface area contributed by atoms with Gasteiger partial charge in [-0.2, -0.15) is 0 Å². The van der Waals surface area contributed by atoms with Gasteiger partial charge in [0.05, 0.1) is 0 Å². The zero-order valence-electron chi connectivity index (χ0n) is 14.9. The van der Waals surface area contributed by atoms with Gasteiger partial charge in [0, 0.05) is 21.6 Å². The van der Waals surface area contributed by atoms with Crippen molar-refractivity contribution < 1.29 is 4.74 Å². The molecule has 0 heterocycles. The van der Waals surface area contributed by atoms with Crippen LogP contribution >= 0.6 is 27.5 Å². The van der Waals surface area contributed by atoms with Crippen molar-refractivity contribution in [2.45, 2.75) is 45.3 Å². The number of allylic oxidation sites excluding steroid dienone is 1. The van der Waals surface area contributed by atoms with Gasteiger partial charge in [-0.3, -0.25) is 0 Å². The van der Waals surface area contributed by atoms with Gasteiger partial charge in [0.1, 0.15) is 12.4 Å². The van der Waals surface area contributed by atoms with Crippen LogP contribution in [-0.4, -0.2) is 6.54 Å². The third-order valence-electron chi connectivity index (χ3n) is 4.65. The first-order valence-electron chi connectivity index (χ1n) is 9.25. The molecule has 3 rings (SSSR count). The minimum absolute atomic E-state index is 0.540. The molecule has 0 bridgehead atoms. The van der Waals surface area contributed by atoms with Crippen LogP contribution in [0, 0.1) is 0 Å². The standard InChI is InChI=1S/C22H25BrClNO/c23-20-8-11-22(26-16-18-6-9-21(24)10-7-18)19(14-20)15-25-13-12-17-4-2-1-3-5-17/h4,6-11,14,25H,1-3,5,12-13,15-16H2. The molecule has 1 N–H and O–H groups in total. The molecule has 0 spiro atoms. The molecule has 0 fully saturated rings. The van der Waals surface area contributed by atoms with E-state index in [9.17, 15) is 0 Å². The van der Waals surface area contributed by atoms with Crippen LogP contribution in [0.2, 0.25) is 5.02 Å². The first-order valence-corrected chi connectivity index (χ1v) is 10.4. The highest BCUT2D eigenvalue weighted by Gasteiger charge is 2.07. The van der Waals surface area contributed by atoms with Crippen LogP contribution in [0.25, 0.3) is 0 Å². The molecule has 2 aromatic rings. The predicted octanol–water partition coefficient (Wildman–Crippen LogP) is 6.66. The molecule has 0 saturated carbocycles. The van der Waals surface area contributed by atoms with Crippen molar-refractivity contribution in [3.05, 3.63) is 74.7 Å². The topological polar surface area (TPSA) is 21.3 Å². The lowest BCUT2D eigenvalue weighted by molar-refractivity contribution is 0.302. The van der Waals surface area contributed by atoms with Crippen LogP contribution in [0.3, 0.4) is 0 Å². The lowest BCUT2D eigenvalue weighted by atomic mass is 9.97. The van der Waals surface area contributed by atoms with Gasteiger partial charge < -0.3 is 10.1 Å². The summed E-state index contributed by atoms with van der Waals surface area (Å²) in [6.45, 7) is 2.36. The summed E-state index contributed by atoms with van der Waals surface area (Å²) in [6, 6.07) is 14.0. The molecule has 0 aromatic heterocycles. The average molecular weight is 435 g/mol. The molecule has 0 atom stereocenters. The maximum atomic E-state index is 6.05. The van der Waals surface area contributed by atoms with Crippen molar-refractivity contribution in [1.82, 2.24) is 5.32 Å². The van der Waals surface area contributed by atoms with E-state index < -0.39 is 0 Å². The van der Waals surface area contributed by atoms with Gasteiger partial charge in [-0.05, 0) is 74.5 Å². The number of hydrogen-bond acceptors (Lipinski definition) is 2. The van der Waals surface area contributed by atoms with Crippen molar-refractivity contribution in [3.8, 4) is 5.75 Å². The minimum Gasteiger partial charge on any atom is -0.489 e. The van der Waals surface area contributed by atoms with Crippen LogP contribution in [0.15, 0.2) is 58.6 Å².